The Morgan fingerprint density at radius 2 is 2.14 bits per heavy atom. The molecule has 0 aliphatic rings. The number of nitrogens with zero attached hydrogens (tertiary/aromatic N) is 2. The Morgan fingerprint density at radius 3 is 2.76 bits per heavy atom. The van der Waals surface area contributed by atoms with Gasteiger partial charge in [-0.15, -0.1) is 11.3 Å². The van der Waals surface area contributed by atoms with Gasteiger partial charge in [0.2, 0.25) is 0 Å². The summed E-state index contributed by atoms with van der Waals surface area (Å²) in [5, 5.41) is 13.0. The fourth-order valence-electron chi connectivity index (χ4n) is 2.02. The lowest BCUT2D eigenvalue weighted by atomic mass is 10.1. The van der Waals surface area contributed by atoms with Gasteiger partial charge >= 0.3 is 0 Å². The first kappa shape index (κ1) is 15.2. The van der Waals surface area contributed by atoms with E-state index in [1.165, 1.54) is 11.3 Å². The first-order chi connectivity index (χ1) is 10.2. The minimum atomic E-state index is -0.644. The van der Waals surface area contributed by atoms with Crippen LogP contribution in [0.4, 0.5) is 0 Å². The summed E-state index contributed by atoms with van der Waals surface area (Å²) in [5.74, 6) is -0.234. The van der Waals surface area contributed by atoms with Gasteiger partial charge in [-0.25, -0.2) is 4.98 Å². The maximum absolute atomic E-state index is 12.3. The number of nitrogens with one attached hydrogen (secondary N) is 1. The second kappa shape index (κ2) is 7.00. The summed E-state index contributed by atoms with van der Waals surface area (Å²) in [6.07, 6.45) is 1.87. The van der Waals surface area contributed by atoms with Crippen LogP contribution < -0.4 is 5.32 Å². The van der Waals surface area contributed by atoms with Gasteiger partial charge < -0.3 is 5.32 Å². The third kappa shape index (κ3) is 3.67. The molecule has 1 N–H and O–H groups in total. The smallest absolute Gasteiger partial charge is 0.264 e. The largest absolute Gasteiger partial charge is 0.332 e. The molecular formula is C16H17N3OS. The number of aryl methyl sites for hydroxylation is 2. The monoisotopic (exact) mass is 299 g/mol. The molecule has 0 saturated heterocycles. The van der Waals surface area contributed by atoms with Crippen molar-refractivity contribution in [3.05, 3.63) is 51.5 Å². The molecule has 108 valence electrons. The zero-order valence-electron chi connectivity index (χ0n) is 12.1. The van der Waals surface area contributed by atoms with E-state index < -0.39 is 6.04 Å². The number of nitriles is 1. The summed E-state index contributed by atoms with van der Waals surface area (Å²) in [6, 6.07) is 10.7. The van der Waals surface area contributed by atoms with Crippen molar-refractivity contribution in [1.82, 2.24) is 10.3 Å². The average Bonchev–Trinajstić information content (AvgIpc) is 2.86. The van der Waals surface area contributed by atoms with Crippen molar-refractivity contribution in [3.63, 3.8) is 0 Å². The molecule has 0 radical (unpaired) electrons. The Labute approximate surface area is 128 Å². The van der Waals surface area contributed by atoms with Crippen LogP contribution >= 0.6 is 11.3 Å². The van der Waals surface area contributed by atoms with E-state index in [9.17, 15) is 10.1 Å². The van der Waals surface area contributed by atoms with Gasteiger partial charge in [-0.05, 0) is 25.3 Å². The van der Waals surface area contributed by atoms with E-state index in [1.54, 1.807) is 0 Å². The normalized spacial score (nSPS) is 11.7. The minimum absolute atomic E-state index is 0.234. The number of aromatic nitrogens is 1. The van der Waals surface area contributed by atoms with Crippen molar-refractivity contribution in [1.29, 1.82) is 5.26 Å². The molecule has 4 nitrogen and oxygen atoms in total. The van der Waals surface area contributed by atoms with Crippen LogP contribution in [0.25, 0.3) is 0 Å². The Morgan fingerprint density at radius 1 is 1.43 bits per heavy atom. The molecule has 0 saturated carbocycles. The molecule has 1 atom stereocenters. The Bertz CT molecular complexity index is 658. The summed E-state index contributed by atoms with van der Waals surface area (Å²) in [4.78, 5) is 17.3. The second-order valence-electron chi connectivity index (χ2n) is 4.72. The van der Waals surface area contributed by atoms with Crippen molar-refractivity contribution in [2.75, 3.05) is 0 Å². The fourth-order valence-corrected chi connectivity index (χ4v) is 3.09. The highest BCUT2D eigenvalue weighted by atomic mass is 32.1. The number of rotatable bonds is 5. The molecule has 1 amide bonds. The van der Waals surface area contributed by atoms with Crippen molar-refractivity contribution >= 4 is 17.2 Å². The van der Waals surface area contributed by atoms with E-state index in [2.05, 4.69) is 23.3 Å². The van der Waals surface area contributed by atoms with Gasteiger partial charge in [-0.3, -0.25) is 4.79 Å². The highest BCUT2D eigenvalue weighted by Gasteiger charge is 2.19. The van der Waals surface area contributed by atoms with E-state index in [-0.39, 0.29) is 5.91 Å². The minimum Gasteiger partial charge on any atom is -0.332 e. The summed E-state index contributed by atoms with van der Waals surface area (Å²) < 4.78 is 0. The first-order valence-corrected chi connectivity index (χ1v) is 7.69. The molecule has 0 aliphatic carbocycles. The molecule has 2 rings (SSSR count). The second-order valence-corrected chi connectivity index (χ2v) is 5.80. The number of carbonyl (C=O) groups excluding carboxylic acids is 1. The number of benzene rings is 1. The van der Waals surface area contributed by atoms with Crippen LogP contribution in [-0.2, 0) is 6.42 Å². The van der Waals surface area contributed by atoms with E-state index in [0.717, 1.165) is 29.1 Å². The molecule has 1 aromatic carbocycles. The molecule has 0 spiro atoms. The zero-order chi connectivity index (χ0) is 15.2. The van der Waals surface area contributed by atoms with Crippen LogP contribution in [0.15, 0.2) is 30.3 Å². The van der Waals surface area contributed by atoms with Crippen LogP contribution in [0.3, 0.4) is 0 Å². The third-order valence-corrected chi connectivity index (χ3v) is 4.26. The number of carbonyl (C=O) groups is 1. The van der Waals surface area contributed by atoms with Gasteiger partial charge in [0.05, 0.1) is 16.8 Å². The zero-order valence-corrected chi connectivity index (χ0v) is 12.9. The van der Waals surface area contributed by atoms with E-state index in [4.69, 9.17) is 0 Å². The number of hydrogen-bond donors (Lipinski definition) is 1. The highest BCUT2D eigenvalue weighted by molar-refractivity contribution is 7.13. The SMILES string of the molecule is CCCc1nc(C)c(C(=O)NC(C#N)c2ccccc2)s1. The number of hydrogen-bond acceptors (Lipinski definition) is 4. The molecule has 0 bridgehead atoms. The lowest BCUT2D eigenvalue weighted by Crippen LogP contribution is -2.27. The quantitative estimate of drug-likeness (QED) is 0.920. The number of thiazole rings is 1. The molecule has 0 fully saturated rings. The molecule has 2 aromatic rings. The van der Waals surface area contributed by atoms with Crippen LogP contribution in [0.1, 0.15) is 45.3 Å². The molecule has 21 heavy (non-hydrogen) atoms. The summed E-state index contributed by atoms with van der Waals surface area (Å²) in [5.41, 5.74) is 1.51. The molecule has 0 aliphatic heterocycles. The maximum Gasteiger partial charge on any atom is 0.264 e. The van der Waals surface area contributed by atoms with Gasteiger partial charge in [0, 0.05) is 0 Å². The van der Waals surface area contributed by atoms with Crippen LogP contribution in [0, 0.1) is 18.3 Å². The van der Waals surface area contributed by atoms with Crippen LogP contribution in [0.2, 0.25) is 0 Å². The van der Waals surface area contributed by atoms with E-state index in [0.29, 0.717) is 4.88 Å². The average molecular weight is 299 g/mol. The van der Waals surface area contributed by atoms with Gasteiger partial charge in [0.25, 0.3) is 5.91 Å². The van der Waals surface area contributed by atoms with Gasteiger partial charge in [-0.1, -0.05) is 37.3 Å². The fraction of sp³-hybridized carbons (Fsp3) is 0.312. The van der Waals surface area contributed by atoms with Gasteiger partial charge in [0.15, 0.2) is 0 Å². The van der Waals surface area contributed by atoms with Crippen molar-refractivity contribution < 1.29 is 4.79 Å². The van der Waals surface area contributed by atoms with Crippen molar-refractivity contribution in [3.8, 4) is 6.07 Å². The van der Waals surface area contributed by atoms with Crippen LogP contribution in [-0.4, -0.2) is 10.9 Å². The first-order valence-electron chi connectivity index (χ1n) is 6.87. The predicted octanol–water partition coefficient (Wildman–Crippen LogP) is 3.40. The number of amides is 1. The Hall–Kier alpha value is -2.19. The standard InChI is InChI=1S/C16H17N3OS/c1-3-7-14-18-11(2)15(21-14)16(20)19-13(10-17)12-8-5-4-6-9-12/h4-6,8-9,13H,3,7H2,1-2H3,(H,19,20). The molecular weight excluding hydrogens is 282 g/mol. The van der Waals surface area contributed by atoms with E-state index >= 15 is 0 Å². The van der Waals surface area contributed by atoms with E-state index in [1.807, 2.05) is 37.3 Å². The molecule has 1 unspecified atom stereocenters. The van der Waals surface area contributed by atoms with Gasteiger partial charge in [0.1, 0.15) is 10.9 Å². The van der Waals surface area contributed by atoms with Crippen LogP contribution in [0.5, 0.6) is 0 Å². The van der Waals surface area contributed by atoms with Gasteiger partial charge in [-0.2, -0.15) is 5.26 Å². The van der Waals surface area contributed by atoms with Crippen molar-refractivity contribution in [2.24, 2.45) is 0 Å². The molecule has 5 heteroatoms. The Balaban J connectivity index is 2.15. The maximum atomic E-state index is 12.3. The lowest BCUT2D eigenvalue weighted by molar-refractivity contribution is 0.0948. The predicted molar refractivity (Wildman–Crippen MR) is 83.1 cm³/mol. The highest BCUT2D eigenvalue weighted by Crippen LogP contribution is 2.21. The molecule has 1 heterocycles. The summed E-state index contributed by atoms with van der Waals surface area (Å²) in [6.45, 7) is 3.91. The topological polar surface area (TPSA) is 65.8 Å². The summed E-state index contributed by atoms with van der Waals surface area (Å²) in [7, 11) is 0. The Kier molecular flexibility index (Phi) is 5.07. The lowest BCUT2D eigenvalue weighted by Gasteiger charge is -2.11. The third-order valence-electron chi connectivity index (χ3n) is 3.05. The summed E-state index contributed by atoms with van der Waals surface area (Å²) >= 11 is 1.41. The van der Waals surface area contributed by atoms with Crippen molar-refractivity contribution in [2.45, 2.75) is 32.7 Å². The molecule has 1 aromatic heterocycles.